The topological polar surface area (TPSA) is 85.2 Å². The van der Waals surface area contributed by atoms with Crippen LogP contribution in [0.1, 0.15) is 73.6 Å². The molecule has 6 heteroatoms. The van der Waals surface area contributed by atoms with E-state index in [0.717, 1.165) is 36.8 Å². The van der Waals surface area contributed by atoms with Crippen LogP contribution in [-0.4, -0.2) is 52.5 Å². The van der Waals surface area contributed by atoms with Gasteiger partial charge in [-0.1, -0.05) is 39.0 Å². The van der Waals surface area contributed by atoms with Gasteiger partial charge >= 0.3 is 5.97 Å². The lowest BCUT2D eigenvalue weighted by atomic mass is 9.58. The van der Waals surface area contributed by atoms with E-state index in [1.807, 2.05) is 32.9 Å². The highest BCUT2D eigenvalue weighted by Gasteiger charge is 2.77. The smallest absolute Gasteiger partial charge is 0.334 e. The van der Waals surface area contributed by atoms with Crippen molar-refractivity contribution in [3.05, 3.63) is 34.9 Å². The van der Waals surface area contributed by atoms with Crippen molar-refractivity contribution in [3.8, 4) is 0 Å². The molecule has 2 N–H and O–H groups in total. The van der Waals surface area contributed by atoms with Gasteiger partial charge in [0.15, 0.2) is 11.9 Å². The number of esters is 1. The predicted molar refractivity (Wildman–Crippen MR) is 135 cm³/mol. The second kappa shape index (κ2) is 7.78. The van der Waals surface area contributed by atoms with Crippen LogP contribution in [0.3, 0.4) is 0 Å². The Labute approximate surface area is 214 Å². The molecule has 1 saturated heterocycles. The van der Waals surface area contributed by atoms with Crippen LogP contribution >= 0.6 is 0 Å². The number of ether oxygens (including phenoxy) is 3. The molecule has 0 aromatic carbocycles. The minimum Gasteiger partial charge on any atom is -0.451 e. The van der Waals surface area contributed by atoms with Gasteiger partial charge in [0.2, 0.25) is 0 Å². The van der Waals surface area contributed by atoms with Crippen LogP contribution in [-0.2, 0) is 19.0 Å². The first-order valence-corrected chi connectivity index (χ1v) is 13.9. The van der Waals surface area contributed by atoms with Gasteiger partial charge < -0.3 is 24.4 Å². The van der Waals surface area contributed by atoms with Gasteiger partial charge in [-0.3, -0.25) is 0 Å². The summed E-state index contributed by atoms with van der Waals surface area (Å²) >= 11 is 0. The molecule has 36 heavy (non-hydrogen) atoms. The highest BCUT2D eigenvalue weighted by molar-refractivity contribution is 5.89. The Hall–Kier alpha value is -1.47. The summed E-state index contributed by atoms with van der Waals surface area (Å²) in [6.45, 7) is 12.7. The van der Waals surface area contributed by atoms with Crippen molar-refractivity contribution in [2.24, 2.45) is 34.5 Å². The second-order valence-corrected chi connectivity index (χ2v) is 13.4. The lowest BCUT2D eigenvalue weighted by Gasteiger charge is -2.55. The Bertz CT molecular complexity index is 1070. The zero-order valence-corrected chi connectivity index (χ0v) is 22.5. The number of carbonyl (C=O) groups excluding carboxylic acids is 1. The van der Waals surface area contributed by atoms with Gasteiger partial charge in [-0.15, -0.1) is 0 Å². The summed E-state index contributed by atoms with van der Waals surface area (Å²) in [6, 6.07) is 0. The summed E-state index contributed by atoms with van der Waals surface area (Å²) in [6.07, 6.45) is 8.18. The number of aliphatic hydroxyl groups excluding tert-OH is 1. The predicted octanol–water partition coefficient (Wildman–Crippen LogP) is 4.46. The average Bonchev–Trinajstić information content (AvgIpc) is 3.32. The van der Waals surface area contributed by atoms with Crippen molar-refractivity contribution in [1.29, 1.82) is 0 Å². The van der Waals surface area contributed by atoms with E-state index < -0.39 is 35.1 Å². The molecule has 0 aromatic heterocycles. The Morgan fingerprint density at radius 1 is 1.19 bits per heavy atom. The third-order valence-corrected chi connectivity index (χ3v) is 10.7. The van der Waals surface area contributed by atoms with Crippen molar-refractivity contribution < 1.29 is 29.2 Å². The molecule has 0 radical (unpaired) electrons. The van der Waals surface area contributed by atoms with Crippen molar-refractivity contribution in [2.45, 2.75) is 103 Å². The highest BCUT2D eigenvalue weighted by Crippen LogP contribution is 2.73. The van der Waals surface area contributed by atoms with Crippen molar-refractivity contribution in [2.75, 3.05) is 6.61 Å². The third-order valence-electron chi connectivity index (χ3n) is 10.7. The summed E-state index contributed by atoms with van der Waals surface area (Å²) in [5, 5.41) is 25.3. The number of hydrogen-bond donors (Lipinski definition) is 2. The van der Waals surface area contributed by atoms with Crippen LogP contribution in [0, 0.1) is 34.5 Å². The Kier molecular flexibility index (Phi) is 5.37. The molecule has 6 nitrogen and oxygen atoms in total. The van der Waals surface area contributed by atoms with Crippen LogP contribution in [0.25, 0.3) is 0 Å². The minimum absolute atomic E-state index is 0.0355. The molecule has 0 amide bonds. The molecular formula is C30H42O6. The minimum atomic E-state index is -1.65. The average molecular weight is 499 g/mol. The van der Waals surface area contributed by atoms with E-state index in [1.54, 1.807) is 0 Å². The van der Waals surface area contributed by atoms with Gasteiger partial charge in [0.05, 0.1) is 18.1 Å². The van der Waals surface area contributed by atoms with E-state index in [9.17, 15) is 15.0 Å². The van der Waals surface area contributed by atoms with Crippen LogP contribution in [0.2, 0.25) is 0 Å². The molecule has 5 aliphatic carbocycles. The number of carbonyl (C=O) groups is 1. The van der Waals surface area contributed by atoms with E-state index in [0.29, 0.717) is 30.4 Å². The molecule has 9 atom stereocenters. The zero-order chi connectivity index (χ0) is 25.8. The van der Waals surface area contributed by atoms with E-state index in [4.69, 9.17) is 14.2 Å². The third kappa shape index (κ3) is 3.14. The van der Waals surface area contributed by atoms with E-state index in [-0.39, 0.29) is 23.2 Å². The maximum atomic E-state index is 13.4. The number of rotatable bonds is 2. The van der Waals surface area contributed by atoms with E-state index >= 15 is 0 Å². The van der Waals surface area contributed by atoms with Gasteiger partial charge in [0.1, 0.15) is 11.7 Å². The Morgan fingerprint density at radius 3 is 2.64 bits per heavy atom. The molecule has 6 rings (SSSR count). The maximum absolute atomic E-state index is 13.4. The monoisotopic (exact) mass is 498 g/mol. The molecule has 2 saturated carbocycles. The summed E-state index contributed by atoms with van der Waals surface area (Å²) in [7, 11) is 0. The van der Waals surface area contributed by atoms with E-state index in [1.165, 1.54) is 0 Å². The standard InChI is InChI=1S/C30H42O6/c1-16-14-29-17(2)12-21-22(27(21,3)4)20(23(29)31)13-19-15-34-28(5,6)36-25(19)30(29,33)24(16)35-26(32)18-10-8-7-9-11-18/h10,13-14,17,20-25,31,33H,7-9,11-12,15H2,1-6H3. The summed E-state index contributed by atoms with van der Waals surface area (Å²) in [5.41, 5.74) is -0.207. The normalized spacial score (nSPS) is 48.1. The molecule has 9 unspecified atom stereocenters. The highest BCUT2D eigenvalue weighted by atomic mass is 16.7. The first-order chi connectivity index (χ1) is 16.8. The number of aliphatic hydroxyl groups is 2. The molecule has 1 spiro atoms. The maximum Gasteiger partial charge on any atom is 0.334 e. The molecule has 3 fully saturated rings. The van der Waals surface area contributed by atoms with Gasteiger partial charge in [-0.2, -0.15) is 0 Å². The number of allylic oxidation sites excluding steroid dienone is 1. The first kappa shape index (κ1) is 24.8. The molecule has 0 aromatic rings. The summed E-state index contributed by atoms with van der Waals surface area (Å²) in [4.78, 5) is 13.4. The van der Waals surface area contributed by atoms with E-state index in [2.05, 4.69) is 26.8 Å². The SMILES string of the molecule is CC1=CC23C(C)CC4C(C(C=C5COC(C)(C)OC5C2(O)C1OC(=O)C1=CCCCC1)C3O)C4(C)C. The van der Waals surface area contributed by atoms with Gasteiger partial charge in [-0.25, -0.2) is 4.79 Å². The molecule has 1 aliphatic heterocycles. The van der Waals surface area contributed by atoms with Gasteiger partial charge in [0, 0.05) is 11.5 Å². The molecule has 198 valence electrons. The van der Waals surface area contributed by atoms with Crippen LogP contribution in [0.15, 0.2) is 34.9 Å². The second-order valence-electron chi connectivity index (χ2n) is 13.4. The molecule has 6 aliphatic rings. The van der Waals surface area contributed by atoms with Crippen molar-refractivity contribution in [3.63, 3.8) is 0 Å². The molecular weight excluding hydrogens is 456 g/mol. The Balaban J connectivity index is 1.50. The molecule has 2 bridgehead atoms. The van der Waals surface area contributed by atoms with Crippen molar-refractivity contribution >= 4 is 5.97 Å². The number of hydrogen-bond acceptors (Lipinski definition) is 6. The fourth-order valence-electron chi connectivity index (χ4n) is 8.81. The summed E-state index contributed by atoms with van der Waals surface area (Å²) in [5.74, 6) is -0.660. The van der Waals surface area contributed by atoms with Crippen molar-refractivity contribution in [1.82, 2.24) is 0 Å². The molecule has 1 heterocycles. The van der Waals surface area contributed by atoms with Gasteiger partial charge in [0.25, 0.3) is 0 Å². The summed E-state index contributed by atoms with van der Waals surface area (Å²) < 4.78 is 18.8. The van der Waals surface area contributed by atoms with Gasteiger partial charge in [-0.05, 0) is 87.2 Å². The number of fused-ring (bicyclic) bond motifs is 5. The van der Waals surface area contributed by atoms with Crippen LogP contribution in [0.4, 0.5) is 0 Å². The van der Waals surface area contributed by atoms with Crippen LogP contribution in [0.5, 0.6) is 0 Å². The first-order valence-electron chi connectivity index (χ1n) is 13.9. The fourth-order valence-corrected chi connectivity index (χ4v) is 8.81. The quantitative estimate of drug-likeness (QED) is 0.432. The largest absolute Gasteiger partial charge is 0.451 e. The lowest BCUT2D eigenvalue weighted by molar-refractivity contribution is -0.313. The lowest BCUT2D eigenvalue weighted by Crippen LogP contribution is -2.69. The zero-order valence-electron chi connectivity index (χ0n) is 22.5. The Morgan fingerprint density at radius 2 is 1.94 bits per heavy atom. The van der Waals surface area contributed by atoms with Crippen LogP contribution < -0.4 is 0 Å². The fraction of sp³-hybridized carbons (Fsp3) is 0.767.